The predicted octanol–water partition coefficient (Wildman–Crippen LogP) is 1.19. The van der Waals surface area contributed by atoms with Crippen LogP contribution in [0, 0.1) is 10.1 Å². The van der Waals surface area contributed by atoms with E-state index in [1.54, 1.807) is 6.92 Å². The number of hydrogen-bond acceptors (Lipinski definition) is 6. The first-order valence-electron chi connectivity index (χ1n) is 6.18. The molecule has 0 aliphatic rings. The van der Waals surface area contributed by atoms with Gasteiger partial charge >= 0.3 is 0 Å². The normalized spacial score (nSPS) is 11.8. The van der Waals surface area contributed by atoms with E-state index in [-0.39, 0.29) is 17.4 Å². The number of carbonyl (C=O) groups is 1. The van der Waals surface area contributed by atoms with Crippen molar-refractivity contribution < 1.29 is 14.5 Å². The molecule has 1 atom stereocenters. The zero-order valence-electron chi connectivity index (χ0n) is 11.7. The number of anilines is 1. The molecule has 0 aromatic carbocycles. The second-order valence-corrected chi connectivity index (χ2v) is 4.13. The van der Waals surface area contributed by atoms with Crippen molar-refractivity contribution in [2.24, 2.45) is 0 Å². The van der Waals surface area contributed by atoms with E-state index in [1.165, 1.54) is 13.2 Å². The first-order valence-corrected chi connectivity index (χ1v) is 6.18. The van der Waals surface area contributed by atoms with Crippen LogP contribution in [0.2, 0.25) is 0 Å². The summed E-state index contributed by atoms with van der Waals surface area (Å²) in [5, 5.41) is 16.3. The number of hydrogen-bond donors (Lipinski definition) is 2. The average molecular weight is 282 g/mol. The first kappa shape index (κ1) is 15.8. The second kappa shape index (κ2) is 7.39. The minimum absolute atomic E-state index is 0.143. The van der Waals surface area contributed by atoms with E-state index >= 15 is 0 Å². The Labute approximate surface area is 116 Å². The molecule has 0 saturated heterocycles. The Bertz CT molecular complexity index is 492. The SMILES string of the molecule is CCNc1ncc([N+](=O)[O-])cc1C(=O)NCC(C)OC. The van der Waals surface area contributed by atoms with Gasteiger partial charge in [-0.3, -0.25) is 14.9 Å². The molecular weight excluding hydrogens is 264 g/mol. The summed E-state index contributed by atoms with van der Waals surface area (Å²) < 4.78 is 5.02. The molecule has 0 aliphatic heterocycles. The number of nitrogens with zero attached hydrogens (tertiary/aromatic N) is 2. The molecule has 0 spiro atoms. The first-order chi connectivity index (χ1) is 9.49. The molecule has 110 valence electrons. The summed E-state index contributed by atoms with van der Waals surface area (Å²) in [6, 6.07) is 1.21. The van der Waals surface area contributed by atoms with Gasteiger partial charge in [-0.05, 0) is 13.8 Å². The number of rotatable bonds is 7. The maximum Gasteiger partial charge on any atom is 0.288 e. The van der Waals surface area contributed by atoms with Crippen molar-refractivity contribution in [3.63, 3.8) is 0 Å². The van der Waals surface area contributed by atoms with Gasteiger partial charge in [0.05, 0.1) is 16.6 Å². The molecule has 1 unspecified atom stereocenters. The van der Waals surface area contributed by atoms with Crippen LogP contribution >= 0.6 is 0 Å². The molecule has 0 saturated carbocycles. The number of carbonyl (C=O) groups excluding carboxylic acids is 1. The van der Waals surface area contributed by atoms with Crippen LogP contribution in [0.3, 0.4) is 0 Å². The van der Waals surface area contributed by atoms with Crippen LogP contribution in [0.4, 0.5) is 11.5 Å². The predicted molar refractivity (Wildman–Crippen MR) is 73.9 cm³/mol. The molecule has 2 N–H and O–H groups in total. The smallest absolute Gasteiger partial charge is 0.288 e. The summed E-state index contributed by atoms with van der Waals surface area (Å²) in [7, 11) is 1.54. The fraction of sp³-hybridized carbons (Fsp3) is 0.500. The largest absolute Gasteiger partial charge is 0.380 e. The van der Waals surface area contributed by atoms with E-state index in [1.807, 2.05) is 6.92 Å². The van der Waals surface area contributed by atoms with Gasteiger partial charge in [-0.15, -0.1) is 0 Å². The Balaban J connectivity index is 2.96. The Morgan fingerprint density at radius 1 is 1.60 bits per heavy atom. The molecule has 20 heavy (non-hydrogen) atoms. The van der Waals surface area contributed by atoms with E-state index < -0.39 is 10.8 Å². The molecule has 1 aromatic rings. The number of ether oxygens (including phenoxy) is 1. The van der Waals surface area contributed by atoms with Gasteiger partial charge in [0.2, 0.25) is 0 Å². The summed E-state index contributed by atoms with van der Waals surface area (Å²) >= 11 is 0. The van der Waals surface area contributed by atoms with Gasteiger partial charge in [0.15, 0.2) is 0 Å². The number of nitro groups is 1. The Kier molecular flexibility index (Phi) is 5.85. The van der Waals surface area contributed by atoms with Crippen molar-refractivity contribution in [3.05, 3.63) is 27.9 Å². The Morgan fingerprint density at radius 3 is 2.85 bits per heavy atom. The minimum Gasteiger partial charge on any atom is -0.380 e. The van der Waals surface area contributed by atoms with Crippen LogP contribution in [0.15, 0.2) is 12.3 Å². The van der Waals surface area contributed by atoms with E-state index in [0.29, 0.717) is 18.9 Å². The van der Waals surface area contributed by atoms with Gasteiger partial charge in [-0.25, -0.2) is 4.98 Å². The van der Waals surface area contributed by atoms with Gasteiger partial charge in [-0.1, -0.05) is 0 Å². The lowest BCUT2D eigenvalue weighted by molar-refractivity contribution is -0.385. The highest BCUT2D eigenvalue weighted by atomic mass is 16.6. The van der Waals surface area contributed by atoms with E-state index in [0.717, 1.165) is 6.20 Å². The van der Waals surface area contributed by atoms with Crippen molar-refractivity contribution in [2.75, 3.05) is 25.5 Å². The lowest BCUT2D eigenvalue weighted by atomic mass is 10.2. The molecular formula is C12H18N4O4. The molecule has 1 amide bonds. The fourth-order valence-electron chi connectivity index (χ4n) is 1.45. The molecule has 1 rings (SSSR count). The topological polar surface area (TPSA) is 106 Å². The maximum atomic E-state index is 12.1. The van der Waals surface area contributed by atoms with E-state index in [9.17, 15) is 14.9 Å². The molecule has 1 heterocycles. The van der Waals surface area contributed by atoms with Crippen LogP contribution in [-0.4, -0.2) is 42.1 Å². The number of pyridine rings is 1. The summed E-state index contributed by atoms with van der Waals surface area (Å²) in [4.78, 5) is 26.1. The van der Waals surface area contributed by atoms with Gasteiger partial charge in [0, 0.05) is 26.3 Å². The van der Waals surface area contributed by atoms with Crippen LogP contribution < -0.4 is 10.6 Å². The van der Waals surface area contributed by atoms with Crippen molar-refractivity contribution in [3.8, 4) is 0 Å². The molecule has 0 fully saturated rings. The number of methoxy groups -OCH3 is 1. The van der Waals surface area contributed by atoms with Crippen LogP contribution in [-0.2, 0) is 4.74 Å². The summed E-state index contributed by atoms with van der Waals surface area (Å²) in [6.07, 6.45) is 0.972. The lowest BCUT2D eigenvalue weighted by Crippen LogP contribution is -2.32. The van der Waals surface area contributed by atoms with Gasteiger partial charge in [0.25, 0.3) is 11.6 Å². The average Bonchev–Trinajstić information content (AvgIpc) is 2.44. The van der Waals surface area contributed by atoms with Gasteiger partial charge in [-0.2, -0.15) is 0 Å². The highest BCUT2D eigenvalue weighted by Gasteiger charge is 2.18. The third-order valence-electron chi connectivity index (χ3n) is 2.63. The van der Waals surface area contributed by atoms with Crippen molar-refractivity contribution in [1.82, 2.24) is 10.3 Å². The van der Waals surface area contributed by atoms with Crippen molar-refractivity contribution in [2.45, 2.75) is 20.0 Å². The summed E-state index contributed by atoms with van der Waals surface area (Å²) in [6.45, 7) is 4.51. The number of amides is 1. The third kappa shape index (κ3) is 4.16. The highest BCUT2D eigenvalue weighted by Crippen LogP contribution is 2.19. The summed E-state index contributed by atoms with van der Waals surface area (Å²) in [5.74, 6) is -0.110. The monoisotopic (exact) mass is 282 g/mol. The lowest BCUT2D eigenvalue weighted by Gasteiger charge is -2.12. The Hall–Kier alpha value is -2.22. The van der Waals surface area contributed by atoms with Crippen LogP contribution in [0.25, 0.3) is 0 Å². The Morgan fingerprint density at radius 2 is 2.30 bits per heavy atom. The van der Waals surface area contributed by atoms with Gasteiger partial charge in [0.1, 0.15) is 12.0 Å². The molecule has 0 bridgehead atoms. The van der Waals surface area contributed by atoms with Crippen molar-refractivity contribution in [1.29, 1.82) is 0 Å². The molecule has 1 aromatic heterocycles. The standard InChI is InChI=1S/C12H18N4O4/c1-4-13-11-10(5-9(7-14-11)16(18)19)12(17)15-6-8(2)20-3/h5,7-8H,4,6H2,1-3H3,(H,13,14)(H,15,17). The number of aromatic nitrogens is 1. The molecule has 0 aliphatic carbocycles. The number of nitrogens with one attached hydrogen (secondary N) is 2. The highest BCUT2D eigenvalue weighted by molar-refractivity contribution is 5.99. The fourth-order valence-corrected chi connectivity index (χ4v) is 1.45. The van der Waals surface area contributed by atoms with Crippen LogP contribution in [0.5, 0.6) is 0 Å². The molecule has 8 nitrogen and oxygen atoms in total. The van der Waals surface area contributed by atoms with E-state index in [2.05, 4.69) is 15.6 Å². The second-order valence-electron chi connectivity index (χ2n) is 4.13. The molecule has 0 radical (unpaired) electrons. The van der Waals surface area contributed by atoms with Crippen molar-refractivity contribution >= 4 is 17.4 Å². The maximum absolute atomic E-state index is 12.1. The molecule has 8 heteroatoms. The summed E-state index contributed by atoms with van der Waals surface area (Å²) in [5.41, 5.74) is -0.0825. The van der Waals surface area contributed by atoms with E-state index in [4.69, 9.17) is 4.74 Å². The zero-order valence-corrected chi connectivity index (χ0v) is 11.7. The minimum atomic E-state index is -0.586. The third-order valence-corrected chi connectivity index (χ3v) is 2.63. The van der Waals surface area contributed by atoms with Crippen LogP contribution in [0.1, 0.15) is 24.2 Å². The quantitative estimate of drug-likeness (QED) is 0.574. The van der Waals surface area contributed by atoms with Gasteiger partial charge < -0.3 is 15.4 Å². The zero-order chi connectivity index (χ0) is 15.1.